The molecule has 1 saturated heterocycles. The molecule has 4 heterocycles. The van der Waals surface area contributed by atoms with Crippen LogP contribution in [0.4, 0.5) is 5.69 Å². The number of likely N-dealkylation sites (tertiary alicyclic amines) is 1. The molecule has 0 aliphatic carbocycles. The first-order chi connectivity index (χ1) is 14.6. The molecule has 30 heavy (non-hydrogen) atoms. The first kappa shape index (κ1) is 18.0. The number of amides is 2. The minimum Gasteiger partial charge on any atom is -0.338 e. The molecule has 5 rings (SSSR count). The van der Waals surface area contributed by atoms with E-state index in [2.05, 4.69) is 20.5 Å². The lowest BCUT2D eigenvalue weighted by Crippen LogP contribution is -2.42. The number of pyridine rings is 1. The fraction of sp³-hybridized carbons (Fsp3) is 0.190. The third-order valence-corrected chi connectivity index (χ3v) is 5.15. The lowest BCUT2D eigenvalue weighted by Gasteiger charge is -2.30. The molecule has 9 heteroatoms. The fourth-order valence-electron chi connectivity index (χ4n) is 3.41. The van der Waals surface area contributed by atoms with Crippen molar-refractivity contribution in [2.24, 2.45) is 7.05 Å². The molecule has 4 aromatic rings. The maximum Gasteiger partial charge on any atom is 0.274 e. The highest BCUT2D eigenvalue weighted by Gasteiger charge is 2.28. The SMILES string of the molecule is Cn1ncc(C(=O)N2CCC2)c1C(=O)Nc1ccn2nc(-c3ccccc3)nc2c1. The van der Waals surface area contributed by atoms with Gasteiger partial charge in [-0.1, -0.05) is 30.3 Å². The zero-order valence-corrected chi connectivity index (χ0v) is 16.3. The average Bonchev–Trinajstić information content (AvgIpc) is 3.30. The average molecular weight is 401 g/mol. The van der Waals surface area contributed by atoms with Gasteiger partial charge in [-0.15, -0.1) is 5.10 Å². The van der Waals surface area contributed by atoms with E-state index in [1.165, 1.54) is 10.9 Å². The predicted octanol–water partition coefficient (Wildman–Crippen LogP) is 2.23. The molecule has 1 N–H and O–H groups in total. The van der Waals surface area contributed by atoms with Crippen molar-refractivity contribution < 1.29 is 9.59 Å². The third-order valence-electron chi connectivity index (χ3n) is 5.15. The van der Waals surface area contributed by atoms with Crippen LogP contribution in [0.1, 0.15) is 27.3 Å². The number of carbonyl (C=O) groups is 2. The summed E-state index contributed by atoms with van der Waals surface area (Å²) in [7, 11) is 1.65. The van der Waals surface area contributed by atoms with Crippen LogP contribution in [0, 0.1) is 0 Å². The second-order valence-corrected chi connectivity index (χ2v) is 7.15. The predicted molar refractivity (Wildman–Crippen MR) is 110 cm³/mol. The van der Waals surface area contributed by atoms with Crippen molar-refractivity contribution in [3.8, 4) is 11.4 Å². The van der Waals surface area contributed by atoms with Gasteiger partial charge in [-0.2, -0.15) is 5.10 Å². The zero-order valence-electron chi connectivity index (χ0n) is 16.3. The molecule has 0 unspecified atom stereocenters. The van der Waals surface area contributed by atoms with E-state index in [1.54, 1.807) is 34.8 Å². The lowest BCUT2D eigenvalue weighted by atomic mass is 10.1. The summed E-state index contributed by atoms with van der Waals surface area (Å²) in [5.74, 6) is 0.0408. The number of aromatic nitrogens is 5. The van der Waals surface area contributed by atoms with Crippen molar-refractivity contribution >= 4 is 23.1 Å². The highest BCUT2D eigenvalue weighted by atomic mass is 16.2. The van der Waals surface area contributed by atoms with Crippen LogP contribution in [-0.4, -0.2) is 54.2 Å². The molecular formula is C21H19N7O2. The number of carbonyl (C=O) groups excluding carboxylic acids is 2. The molecule has 0 atom stereocenters. The van der Waals surface area contributed by atoms with Gasteiger partial charge in [-0.3, -0.25) is 14.3 Å². The van der Waals surface area contributed by atoms with Crippen LogP contribution in [0.2, 0.25) is 0 Å². The number of rotatable bonds is 4. The molecule has 3 aromatic heterocycles. The Bertz CT molecular complexity index is 1260. The smallest absolute Gasteiger partial charge is 0.274 e. The topological polar surface area (TPSA) is 97.4 Å². The van der Waals surface area contributed by atoms with E-state index in [1.807, 2.05) is 30.3 Å². The summed E-state index contributed by atoms with van der Waals surface area (Å²) in [6.45, 7) is 1.42. The lowest BCUT2D eigenvalue weighted by molar-refractivity contribution is 0.0648. The van der Waals surface area contributed by atoms with Crippen LogP contribution in [0.15, 0.2) is 54.9 Å². The standard InChI is InChI=1S/C21H19N7O2/c1-26-18(16(13-22-26)21(30)27-9-5-10-27)20(29)23-15-8-11-28-17(12-15)24-19(25-28)14-6-3-2-4-7-14/h2-4,6-8,11-13H,5,9-10H2,1H3,(H,23,29). The quantitative estimate of drug-likeness (QED) is 0.566. The fourth-order valence-corrected chi connectivity index (χ4v) is 3.41. The molecular weight excluding hydrogens is 382 g/mol. The van der Waals surface area contributed by atoms with Crippen LogP contribution in [0.25, 0.3) is 17.0 Å². The molecule has 1 fully saturated rings. The third kappa shape index (κ3) is 3.10. The maximum atomic E-state index is 12.9. The molecule has 0 saturated carbocycles. The van der Waals surface area contributed by atoms with Crippen LogP contribution in [-0.2, 0) is 7.05 Å². The molecule has 2 amide bonds. The van der Waals surface area contributed by atoms with Gasteiger partial charge in [0, 0.05) is 43.7 Å². The Morgan fingerprint density at radius 1 is 1.10 bits per heavy atom. The minimum atomic E-state index is -0.397. The van der Waals surface area contributed by atoms with E-state index in [-0.39, 0.29) is 11.6 Å². The first-order valence-corrected chi connectivity index (χ1v) is 9.64. The van der Waals surface area contributed by atoms with Crippen molar-refractivity contribution in [3.63, 3.8) is 0 Å². The number of benzene rings is 1. The highest BCUT2D eigenvalue weighted by Crippen LogP contribution is 2.20. The number of nitrogens with zero attached hydrogens (tertiary/aromatic N) is 6. The van der Waals surface area contributed by atoms with Gasteiger partial charge in [0.1, 0.15) is 5.69 Å². The summed E-state index contributed by atoms with van der Waals surface area (Å²) >= 11 is 0. The molecule has 9 nitrogen and oxygen atoms in total. The summed E-state index contributed by atoms with van der Waals surface area (Å²) in [6, 6.07) is 13.2. The maximum absolute atomic E-state index is 12.9. The molecule has 150 valence electrons. The van der Waals surface area contributed by atoms with Crippen LogP contribution >= 0.6 is 0 Å². The Labute approximate surface area is 171 Å². The van der Waals surface area contributed by atoms with Crippen LogP contribution in [0.3, 0.4) is 0 Å². The molecule has 0 radical (unpaired) electrons. The normalized spacial score (nSPS) is 13.3. The summed E-state index contributed by atoms with van der Waals surface area (Å²) in [5, 5.41) is 11.4. The van der Waals surface area contributed by atoms with E-state index in [0.717, 1.165) is 12.0 Å². The minimum absolute atomic E-state index is 0.167. The molecule has 1 aliphatic heterocycles. The largest absolute Gasteiger partial charge is 0.338 e. The van der Waals surface area contributed by atoms with Crippen molar-refractivity contribution in [2.75, 3.05) is 18.4 Å². The number of aryl methyl sites for hydroxylation is 1. The molecule has 1 aliphatic rings. The molecule has 1 aromatic carbocycles. The van der Waals surface area contributed by atoms with E-state index >= 15 is 0 Å². The summed E-state index contributed by atoms with van der Waals surface area (Å²) in [6.07, 6.45) is 4.17. The number of hydrogen-bond donors (Lipinski definition) is 1. The van der Waals surface area contributed by atoms with Crippen LogP contribution in [0.5, 0.6) is 0 Å². The van der Waals surface area contributed by atoms with Crippen LogP contribution < -0.4 is 5.32 Å². The number of anilines is 1. The van der Waals surface area contributed by atoms with Gasteiger partial charge in [0.2, 0.25) is 0 Å². The van der Waals surface area contributed by atoms with Crippen molar-refractivity contribution in [3.05, 3.63) is 66.1 Å². The summed E-state index contributed by atoms with van der Waals surface area (Å²) < 4.78 is 3.08. The van der Waals surface area contributed by atoms with E-state index in [9.17, 15) is 9.59 Å². The van der Waals surface area contributed by atoms with Gasteiger partial charge in [-0.25, -0.2) is 9.50 Å². The second-order valence-electron chi connectivity index (χ2n) is 7.15. The summed E-state index contributed by atoms with van der Waals surface area (Å²) in [4.78, 5) is 31.8. The Kier molecular flexibility index (Phi) is 4.27. The van der Waals surface area contributed by atoms with Crippen molar-refractivity contribution in [1.29, 1.82) is 0 Å². The Morgan fingerprint density at radius 3 is 2.63 bits per heavy atom. The number of nitrogens with one attached hydrogen (secondary N) is 1. The Balaban J connectivity index is 1.41. The van der Waals surface area contributed by atoms with Gasteiger partial charge >= 0.3 is 0 Å². The van der Waals surface area contributed by atoms with E-state index in [4.69, 9.17) is 0 Å². The number of fused-ring (bicyclic) bond motifs is 1. The highest BCUT2D eigenvalue weighted by molar-refractivity contribution is 6.11. The van der Waals surface area contributed by atoms with E-state index < -0.39 is 5.91 Å². The molecule has 0 bridgehead atoms. The molecule has 0 spiro atoms. The zero-order chi connectivity index (χ0) is 20.7. The Morgan fingerprint density at radius 2 is 1.90 bits per heavy atom. The van der Waals surface area contributed by atoms with E-state index in [0.29, 0.717) is 35.8 Å². The number of hydrogen-bond acceptors (Lipinski definition) is 5. The Hall–Kier alpha value is -4.01. The van der Waals surface area contributed by atoms with Crippen molar-refractivity contribution in [2.45, 2.75) is 6.42 Å². The van der Waals surface area contributed by atoms with Gasteiger partial charge in [0.15, 0.2) is 11.5 Å². The second kappa shape index (κ2) is 7.11. The van der Waals surface area contributed by atoms with Gasteiger partial charge in [0.25, 0.3) is 11.8 Å². The first-order valence-electron chi connectivity index (χ1n) is 9.64. The van der Waals surface area contributed by atoms with Gasteiger partial charge in [-0.05, 0) is 12.5 Å². The van der Waals surface area contributed by atoms with Gasteiger partial charge < -0.3 is 10.2 Å². The summed E-state index contributed by atoms with van der Waals surface area (Å²) in [5.41, 5.74) is 2.62. The van der Waals surface area contributed by atoms with Gasteiger partial charge in [0.05, 0.1) is 11.8 Å². The van der Waals surface area contributed by atoms with Crippen molar-refractivity contribution in [1.82, 2.24) is 29.3 Å². The monoisotopic (exact) mass is 401 g/mol.